The molecule has 0 saturated carbocycles. The van der Waals surface area contributed by atoms with Gasteiger partial charge in [0.25, 0.3) is 0 Å². The van der Waals surface area contributed by atoms with Crippen molar-refractivity contribution in [2.75, 3.05) is 13.4 Å². The van der Waals surface area contributed by atoms with Crippen molar-refractivity contribution in [3.05, 3.63) is 121 Å². The Labute approximate surface area is 226 Å². The number of methoxy groups -OCH3 is 1. The van der Waals surface area contributed by atoms with Gasteiger partial charge in [-0.25, -0.2) is 9.66 Å². The third kappa shape index (κ3) is 6.90. The van der Waals surface area contributed by atoms with Crippen molar-refractivity contribution in [2.24, 2.45) is 0 Å². The number of ether oxygens (including phenoxy) is 1. The third-order valence-electron chi connectivity index (χ3n) is 6.02. The number of para-hydroxylation sites is 2. The average molecular weight is 542 g/mol. The lowest BCUT2D eigenvalue weighted by Gasteiger charge is -2.23. The first-order chi connectivity index (χ1) is 19.1. The molecule has 1 unspecified atom stereocenters. The van der Waals surface area contributed by atoms with Crippen LogP contribution in [0.1, 0.15) is 17.4 Å². The summed E-state index contributed by atoms with van der Waals surface area (Å²) in [6.45, 7) is 0. The van der Waals surface area contributed by atoms with Crippen LogP contribution in [-0.4, -0.2) is 34.0 Å². The van der Waals surface area contributed by atoms with Gasteiger partial charge in [-0.2, -0.15) is 0 Å². The van der Waals surface area contributed by atoms with E-state index in [1.54, 1.807) is 31.4 Å². The highest BCUT2D eigenvalue weighted by Crippen LogP contribution is 2.48. The van der Waals surface area contributed by atoms with E-state index in [4.69, 9.17) is 13.8 Å². The minimum absolute atomic E-state index is 0.105. The fourth-order valence-corrected chi connectivity index (χ4v) is 5.61. The van der Waals surface area contributed by atoms with Crippen LogP contribution in [0.4, 0.5) is 0 Å². The Kier molecular flexibility index (Phi) is 8.31. The van der Waals surface area contributed by atoms with Gasteiger partial charge in [-0.1, -0.05) is 78.9 Å². The summed E-state index contributed by atoms with van der Waals surface area (Å²) in [7, 11) is -2.07. The molecule has 4 aromatic carbocycles. The quantitative estimate of drug-likeness (QED) is 0.184. The van der Waals surface area contributed by atoms with Crippen LogP contribution in [0.2, 0.25) is 0 Å². The predicted octanol–water partition coefficient (Wildman–Crippen LogP) is 6.06. The van der Waals surface area contributed by atoms with Crippen molar-refractivity contribution in [3.63, 3.8) is 0 Å². The number of H-pyrrole nitrogens is 1. The number of hydrogen-bond acceptors (Lipinski definition) is 8. The topological polar surface area (TPSA) is 111 Å². The van der Waals surface area contributed by atoms with Gasteiger partial charge in [0.2, 0.25) is 0 Å². The van der Waals surface area contributed by atoms with E-state index in [-0.39, 0.29) is 6.29 Å². The van der Waals surface area contributed by atoms with Gasteiger partial charge < -0.3 is 13.8 Å². The number of rotatable bonds is 12. The molecular weight excluding hydrogens is 513 g/mol. The smallest absolute Gasteiger partial charge is 0.444 e. The van der Waals surface area contributed by atoms with E-state index in [0.717, 1.165) is 22.4 Å². The molecule has 9 nitrogen and oxygen atoms in total. The summed E-state index contributed by atoms with van der Waals surface area (Å²) in [6, 6.07) is 33.6. The van der Waals surface area contributed by atoms with Crippen LogP contribution >= 0.6 is 7.60 Å². The Morgan fingerprint density at radius 3 is 2.00 bits per heavy atom. The predicted molar refractivity (Wildman–Crippen MR) is 149 cm³/mol. The maximum absolute atomic E-state index is 14.0. The zero-order valence-corrected chi connectivity index (χ0v) is 22.2. The molecule has 198 valence electrons. The highest BCUT2D eigenvalue weighted by Gasteiger charge is 2.31. The molecule has 0 aliphatic rings. The Hall–Kier alpha value is -4.46. The molecule has 1 atom stereocenters. The number of hydrogen-bond donors (Lipinski definition) is 2. The zero-order valence-electron chi connectivity index (χ0n) is 21.3. The first-order valence-corrected chi connectivity index (χ1v) is 14.1. The molecule has 10 heteroatoms. The summed E-state index contributed by atoms with van der Waals surface area (Å²) in [5.41, 5.74) is 3.06. The Morgan fingerprint density at radius 2 is 1.44 bits per heavy atom. The summed E-state index contributed by atoms with van der Waals surface area (Å²) in [4.78, 5) is 0. The van der Waals surface area contributed by atoms with Crippen LogP contribution < -0.4 is 19.1 Å². The highest BCUT2D eigenvalue weighted by molar-refractivity contribution is 7.54. The zero-order chi connectivity index (χ0) is 26.9. The number of aromatic amines is 1. The fraction of sp³-hybridized carbons (Fsp3) is 0.138. The molecule has 0 amide bonds. The number of nitrogens with zero attached hydrogens (tertiary/aromatic N) is 3. The lowest BCUT2D eigenvalue weighted by Crippen LogP contribution is -2.28. The molecule has 0 bridgehead atoms. The van der Waals surface area contributed by atoms with Crippen molar-refractivity contribution >= 4 is 7.60 Å². The van der Waals surface area contributed by atoms with Crippen molar-refractivity contribution in [3.8, 4) is 28.4 Å². The molecular formula is C29H28N5O4P. The standard InChI is InChI=1S/C29H28N5O4P/c1-36-28-20-23(22-11-5-2-6-12-22)17-18-24(28)19-27(29-31-33-34-32-29)30-21-39(35,37-25-13-7-3-8-14-25)38-26-15-9-4-10-16-26/h2-18,20,27,30H,19,21H2,1H3,(H,31,32,33,34). The molecule has 5 aromatic rings. The van der Waals surface area contributed by atoms with E-state index >= 15 is 0 Å². The second-order valence-electron chi connectivity index (χ2n) is 8.72. The molecule has 1 heterocycles. The molecule has 2 N–H and O–H groups in total. The van der Waals surface area contributed by atoms with Crippen LogP contribution in [0.15, 0.2) is 109 Å². The van der Waals surface area contributed by atoms with Crippen molar-refractivity contribution in [1.82, 2.24) is 25.9 Å². The molecule has 0 fully saturated rings. The second kappa shape index (κ2) is 12.4. The van der Waals surface area contributed by atoms with Gasteiger partial charge in [0.1, 0.15) is 23.5 Å². The number of tetrazole rings is 1. The van der Waals surface area contributed by atoms with Gasteiger partial charge >= 0.3 is 7.60 Å². The maximum atomic E-state index is 14.0. The van der Waals surface area contributed by atoms with Crippen LogP contribution in [0.25, 0.3) is 11.1 Å². The fourth-order valence-electron chi connectivity index (χ4n) is 4.11. The van der Waals surface area contributed by atoms with E-state index in [2.05, 4.69) is 38.1 Å². The molecule has 0 radical (unpaired) electrons. The van der Waals surface area contributed by atoms with Gasteiger partial charge in [-0.3, -0.25) is 5.32 Å². The normalized spacial score (nSPS) is 12.0. The minimum atomic E-state index is -3.72. The SMILES string of the molecule is COc1cc(-c2ccccc2)ccc1CC(NCP(=O)(Oc1ccccc1)Oc1ccccc1)c1nnn[nH]1. The lowest BCUT2D eigenvalue weighted by atomic mass is 9.99. The lowest BCUT2D eigenvalue weighted by molar-refractivity contribution is 0.373. The summed E-state index contributed by atoms with van der Waals surface area (Å²) in [5, 5.41) is 17.7. The molecule has 5 rings (SSSR count). The van der Waals surface area contributed by atoms with Gasteiger partial charge in [0.15, 0.2) is 5.82 Å². The van der Waals surface area contributed by atoms with E-state index < -0.39 is 13.6 Å². The highest BCUT2D eigenvalue weighted by atomic mass is 31.2. The van der Waals surface area contributed by atoms with Gasteiger partial charge in [-0.15, -0.1) is 5.10 Å². The van der Waals surface area contributed by atoms with Crippen LogP contribution in [0.5, 0.6) is 17.2 Å². The Balaban J connectivity index is 1.39. The Bertz CT molecular complexity index is 1460. The average Bonchev–Trinajstić information content (AvgIpc) is 3.52. The monoisotopic (exact) mass is 541 g/mol. The van der Waals surface area contributed by atoms with E-state index in [0.29, 0.717) is 23.7 Å². The van der Waals surface area contributed by atoms with E-state index in [9.17, 15) is 4.57 Å². The molecule has 0 aliphatic carbocycles. The van der Waals surface area contributed by atoms with E-state index in [1.165, 1.54) is 0 Å². The van der Waals surface area contributed by atoms with Gasteiger partial charge in [0.05, 0.1) is 13.2 Å². The molecule has 0 aliphatic heterocycles. The van der Waals surface area contributed by atoms with E-state index in [1.807, 2.05) is 72.8 Å². The molecule has 39 heavy (non-hydrogen) atoms. The van der Waals surface area contributed by atoms with Crippen LogP contribution in [0.3, 0.4) is 0 Å². The maximum Gasteiger partial charge on any atom is 0.444 e. The van der Waals surface area contributed by atoms with Crippen molar-refractivity contribution < 1.29 is 18.3 Å². The summed E-state index contributed by atoms with van der Waals surface area (Å²) in [5.74, 6) is 2.08. The van der Waals surface area contributed by atoms with Gasteiger partial charge in [-0.05, 0) is 63.9 Å². The summed E-state index contributed by atoms with van der Waals surface area (Å²) in [6.07, 6.45) is 0.346. The number of benzene rings is 4. The first kappa shape index (κ1) is 26.2. The number of aromatic nitrogens is 4. The second-order valence-corrected chi connectivity index (χ2v) is 10.6. The molecule has 1 aromatic heterocycles. The van der Waals surface area contributed by atoms with Gasteiger partial charge in [0, 0.05) is 0 Å². The number of nitrogens with one attached hydrogen (secondary N) is 2. The van der Waals surface area contributed by atoms with Crippen molar-refractivity contribution in [1.29, 1.82) is 0 Å². The molecule has 0 spiro atoms. The third-order valence-corrected chi connectivity index (χ3v) is 7.56. The van der Waals surface area contributed by atoms with Crippen LogP contribution in [0, 0.1) is 0 Å². The summed E-state index contributed by atoms with van der Waals surface area (Å²) < 4.78 is 31.6. The molecule has 0 saturated heterocycles. The summed E-state index contributed by atoms with van der Waals surface area (Å²) >= 11 is 0. The first-order valence-electron chi connectivity index (χ1n) is 12.4. The minimum Gasteiger partial charge on any atom is -0.496 e. The van der Waals surface area contributed by atoms with Crippen LogP contribution in [-0.2, 0) is 11.0 Å². The van der Waals surface area contributed by atoms with Crippen molar-refractivity contribution in [2.45, 2.75) is 12.5 Å². The largest absolute Gasteiger partial charge is 0.496 e. The Morgan fingerprint density at radius 1 is 0.821 bits per heavy atom.